The molecule has 0 spiro atoms. The fourth-order valence-electron chi connectivity index (χ4n) is 3.81. The lowest BCUT2D eigenvalue weighted by Crippen LogP contribution is -2.39. The van der Waals surface area contributed by atoms with Gasteiger partial charge in [0.2, 0.25) is 0 Å². The first-order chi connectivity index (χ1) is 12.1. The van der Waals surface area contributed by atoms with Crippen LogP contribution in [0.25, 0.3) is 0 Å². The van der Waals surface area contributed by atoms with Gasteiger partial charge in [-0.15, -0.1) is 0 Å². The normalized spacial score (nSPS) is 24.7. The quantitative estimate of drug-likeness (QED) is 0.905. The van der Waals surface area contributed by atoms with E-state index in [4.69, 9.17) is 4.74 Å². The van der Waals surface area contributed by atoms with Crippen LogP contribution in [0.3, 0.4) is 0 Å². The van der Waals surface area contributed by atoms with Crippen molar-refractivity contribution in [2.24, 2.45) is 0 Å². The predicted molar refractivity (Wildman–Crippen MR) is 91.8 cm³/mol. The largest absolute Gasteiger partial charge is 0.494 e. The Morgan fingerprint density at radius 3 is 2.52 bits per heavy atom. The summed E-state index contributed by atoms with van der Waals surface area (Å²) in [4.78, 5) is 25.0. The number of ether oxygens (including phenoxy) is 1. The van der Waals surface area contributed by atoms with E-state index in [1.165, 1.54) is 24.3 Å². The average Bonchev–Trinajstić information content (AvgIpc) is 2.63. The molecule has 0 atom stereocenters. The van der Waals surface area contributed by atoms with Crippen LogP contribution in [0.2, 0.25) is 0 Å². The second kappa shape index (κ2) is 7.97. The molecule has 0 aromatic carbocycles. The first kappa shape index (κ1) is 17.9. The Morgan fingerprint density at radius 2 is 1.88 bits per heavy atom. The highest BCUT2D eigenvalue weighted by atomic mass is 19.1. The summed E-state index contributed by atoms with van der Waals surface area (Å²) in [6, 6.07) is 1.30. The molecule has 0 unspecified atom stereocenters. The summed E-state index contributed by atoms with van der Waals surface area (Å²) in [7, 11) is 1.42. The lowest BCUT2D eigenvalue weighted by Gasteiger charge is -2.26. The SMILES string of the molecule is COc1cc(=O)n(C2CCC(F)CC2)nc1C(=O)NC1CCCCC1. The number of halogens is 1. The Hall–Kier alpha value is -1.92. The fraction of sp³-hybridized carbons (Fsp3) is 0.722. The Labute approximate surface area is 146 Å². The van der Waals surface area contributed by atoms with Crippen molar-refractivity contribution in [3.63, 3.8) is 0 Å². The Kier molecular flexibility index (Phi) is 5.71. The van der Waals surface area contributed by atoms with Crippen molar-refractivity contribution in [3.8, 4) is 5.75 Å². The monoisotopic (exact) mass is 351 g/mol. The number of methoxy groups -OCH3 is 1. The van der Waals surface area contributed by atoms with Crippen molar-refractivity contribution in [1.82, 2.24) is 15.1 Å². The van der Waals surface area contributed by atoms with Gasteiger partial charge in [0.15, 0.2) is 11.4 Å². The number of aromatic nitrogens is 2. The van der Waals surface area contributed by atoms with Gasteiger partial charge in [0, 0.05) is 12.1 Å². The maximum atomic E-state index is 13.4. The molecule has 1 aromatic rings. The zero-order valence-corrected chi connectivity index (χ0v) is 14.7. The van der Waals surface area contributed by atoms with E-state index >= 15 is 0 Å². The average molecular weight is 351 g/mol. The van der Waals surface area contributed by atoms with Gasteiger partial charge in [-0.2, -0.15) is 5.10 Å². The molecule has 7 heteroatoms. The summed E-state index contributed by atoms with van der Waals surface area (Å²) in [5.41, 5.74) is -0.177. The van der Waals surface area contributed by atoms with Gasteiger partial charge in [-0.3, -0.25) is 9.59 Å². The fourth-order valence-corrected chi connectivity index (χ4v) is 3.81. The molecule has 6 nitrogen and oxygen atoms in total. The molecule has 0 aliphatic heterocycles. The minimum atomic E-state index is -0.806. The molecule has 2 aliphatic carbocycles. The van der Waals surface area contributed by atoms with Crippen LogP contribution in [-0.2, 0) is 0 Å². The molecule has 1 heterocycles. The van der Waals surface area contributed by atoms with Crippen molar-refractivity contribution in [2.45, 2.75) is 76.0 Å². The minimum Gasteiger partial charge on any atom is -0.494 e. The highest BCUT2D eigenvalue weighted by Crippen LogP contribution is 2.29. The summed E-state index contributed by atoms with van der Waals surface area (Å²) in [5, 5.41) is 7.31. The summed E-state index contributed by atoms with van der Waals surface area (Å²) < 4.78 is 19.9. The third-order valence-corrected chi connectivity index (χ3v) is 5.27. The van der Waals surface area contributed by atoms with Crippen LogP contribution in [0, 0.1) is 0 Å². The van der Waals surface area contributed by atoms with Gasteiger partial charge < -0.3 is 10.1 Å². The number of carbonyl (C=O) groups excluding carboxylic acids is 1. The van der Waals surface area contributed by atoms with E-state index in [9.17, 15) is 14.0 Å². The highest BCUT2D eigenvalue weighted by Gasteiger charge is 2.27. The second-order valence-electron chi connectivity index (χ2n) is 7.06. The first-order valence-corrected chi connectivity index (χ1v) is 9.21. The van der Waals surface area contributed by atoms with E-state index in [0.717, 1.165) is 25.7 Å². The summed E-state index contributed by atoms with van der Waals surface area (Å²) in [6.07, 6.45) is 6.53. The molecule has 2 aliphatic rings. The lowest BCUT2D eigenvalue weighted by atomic mass is 9.94. The molecule has 2 saturated carbocycles. The number of hydrogen-bond acceptors (Lipinski definition) is 4. The number of nitrogens with one attached hydrogen (secondary N) is 1. The van der Waals surface area contributed by atoms with Gasteiger partial charge in [-0.05, 0) is 38.5 Å². The van der Waals surface area contributed by atoms with E-state index < -0.39 is 6.17 Å². The van der Waals surface area contributed by atoms with Crippen molar-refractivity contribution in [3.05, 3.63) is 22.1 Å². The Bertz CT molecular complexity index is 662. The van der Waals surface area contributed by atoms with Gasteiger partial charge in [-0.1, -0.05) is 19.3 Å². The van der Waals surface area contributed by atoms with Crippen molar-refractivity contribution in [2.75, 3.05) is 7.11 Å². The van der Waals surface area contributed by atoms with Crippen LogP contribution in [0.1, 0.15) is 74.3 Å². The summed E-state index contributed by atoms with van der Waals surface area (Å²) >= 11 is 0. The first-order valence-electron chi connectivity index (χ1n) is 9.21. The lowest BCUT2D eigenvalue weighted by molar-refractivity contribution is 0.0914. The topological polar surface area (TPSA) is 73.2 Å². The third-order valence-electron chi connectivity index (χ3n) is 5.27. The van der Waals surface area contributed by atoms with Gasteiger partial charge in [0.1, 0.15) is 6.17 Å². The predicted octanol–water partition coefficient (Wildman–Crippen LogP) is 2.77. The highest BCUT2D eigenvalue weighted by molar-refractivity contribution is 5.94. The zero-order chi connectivity index (χ0) is 17.8. The molecule has 0 radical (unpaired) electrons. The van der Waals surface area contributed by atoms with Gasteiger partial charge >= 0.3 is 0 Å². The van der Waals surface area contributed by atoms with E-state index in [0.29, 0.717) is 25.7 Å². The van der Waals surface area contributed by atoms with Crippen LogP contribution in [-0.4, -0.2) is 35.0 Å². The van der Waals surface area contributed by atoms with E-state index in [1.807, 2.05) is 0 Å². The zero-order valence-electron chi connectivity index (χ0n) is 14.7. The second-order valence-corrected chi connectivity index (χ2v) is 7.06. The van der Waals surface area contributed by atoms with Crippen molar-refractivity contribution >= 4 is 5.91 Å². The number of amides is 1. The van der Waals surface area contributed by atoms with E-state index in [-0.39, 0.29) is 35.0 Å². The number of hydrogen-bond donors (Lipinski definition) is 1. The molecule has 1 aromatic heterocycles. The number of nitrogens with zero attached hydrogens (tertiary/aromatic N) is 2. The van der Waals surface area contributed by atoms with Crippen LogP contribution in [0.4, 0.5) is 4.39 Å². The molecular weight excluding hydrogens is 325 g/mol. The van der Waals surface area contributed by atoms with Gasteiger partial charge in [0.05, 0.1) is 13.2 Å². The minimum absolute atomic E-state index is 0.134. The van der Waals surface area contributed by atoms with Gasteiger partial charge in [0.25, 0.3) is 11.5 Å². The number of alkyl halides is 1. The van der Waals surface area contributed by atoms with Gasteiger partial charge in [-0.25, -0.2) is 9.07 Å². The summed E-state index contributed by atoms with van der Waals surface area (Å²) in [5.74, 6) is -0.120. The molecule has 3 rings (SSSR count). The van der Waals surface area contributed by atoms with Crippen LogP contribution in [0.15, 0.2) is 10.9 Å². The van der Waals surface area contributed by atoms with E-state index in [1.54, 1.807) is 0 Å². The number of rotatable bonds is 4. The van der Waals surface area contributed by atoms with Crippen LogP contribution < -0.4 is 15.6 Å². The molecular formula is C18H26FN3O3. The molecule has 0 saturated heterocycles. The molecule has 138 valence electrons. The molecule has 25 heavy (non-hydrogen) atoms. The standard InChI is InChI=1S/C18H26FN3O3/c1-25-15-11-16(23)22(14-9-7-12(19)8-10-14)21-17(15)18(24)20-13-5-3-2-4-6-13/h11-14H,2-10H2,1H3,(H,20,24). The Morgan fingerprint density at radius 1 is 1.20 bits per heavy atom. The molecule has 0 bridgehead atoms. The van der Waals surface area contributed by atoms with Crippen LogP contribution >= 0.6 is 0 Å². The van der Waals surface area contributed by atoms with Crippen molar-refractivity contribution < 1.29 is 13.9 Å². The molecule has 1 amide bonds. The molecule has 2 fully saturated rings. The summed E-state index contributed by atoms with van der Waals surface area (Å²) in [6.45, 7) is 0. The third kappa shape index (κ3) is 4.19. The number of carbonyl (C=O) groups is 1. The maximum Gasteiger partial charge on any atom is 0.275 e. The van der Waals surface area contributed by atoms with Crippen LogP contribution in [0.5, 0.6) is 5.75 Å². The molecule has 1 N–H and O–H groups in total. The smallest absolute Gasteiger partial charge is 0.275 e. The van der Waals surface area contributed by atoms with E-state index in [2.05, 4.69) is 10.4 Å². The van der Waals surface area contributed by atoms with Crippen molar-refractivity contribution in [1.29, 1.82) is 0 Å². The Balaban J connectivity index is 1.82. The maximum absolute atomic E-state index is 13.4.